The maximum absolute atomic E-state index is 13.2. The van der Waals surface area contributed by atoms with Crippen LogP contribution in [0.2, 0.25) is 5.02 Å². The summed E-state index contributed by atoms with van der Waals surface area (Å²) in [6.45, 7) is 4.24. The lowest BCUT2D eigenvalue weighted by Gasteiger charge is -2.09. The van der Waals surface area contributed by atoms with E-state index < -0.39 is 5.82 Å². The minimum atomic E-state index is -0.495. The molecular formula is C15H16ClFN4O. The van der Waals surface area contributed by atoms with Crippen molar-refractivity contribution in [1.29, 1.82) is 0 Å². The van der Waals surface area contributed by atoms with Gasteiger partial charge in [-0.15, -0.1) is 0 Å². The molecule has 1 amide bonds. The fraction of sp³-hybridized carbons (Fsp3) is 0.267. The Bertz CT molecular complexity index is 693. The van der Waals surface area contributed by atoms with Crippen LogP contribution in [0.15, 0.2) is 24.3 Å². The Labute approximate surface area is 132 Å². The van der Waals surface area contributed by atoms with Crippen molar-refractivity contribution in [2.45, 2.75) is 20.3 Å². The van der Waals surface area contributed by atoms with Gasteiger partial charge in [0.1, 0.15) is 23.2 Å². The van der Waals surface area contributed by atoms with Gasteiger partial charge in [-0.05, 0) is 31.5 Å². The molecule has 0 saturated carbocycles. The maximum atomic E-state index is 13.2. The van der Waals surface area contributed by atoms with Gasteiger partial charge in [0, 0.05) is 18.3 Å². The van der Waals surface area contributed by atoms with Crippen LogP contribution in [0, 0.1) is 12.7 Å². The third-order valence-corrected chi connectivity index (χ3v) is 3.09. The molecule has 7 heteroatoms. The first-order valence-electron chi connectivity index (χ1n) is 6.85. The topological polar surface area (TPSA) is 66.9 Å². The number of nitrogens with one attached hydrogen (secondary N) is 2. The van der Waals surface area contributed by atoms with Crippen LogP contribution in [0.4, 0.5) is 15.9 Å². The molecular weight excluding hydrogens is 307 g/mol. The number of aromatic nitrogens is 2. The molecule has 0 unspecified atom stereocenters. The lowest BCUT2D eigenvalue weighted by atomic mass is 10.3. The highest BCUT2D eigenvalue weighted by atomic mass is 35.5. The van der Waals surface area contributed by atoms with Crippen molar-refractivity contribution in [2.24, 2.45) is 0 Å². The van der Waals surface area contributed by atoms with Crippen LogP contribution in [0.3, 0.4) is 0 Å². The van der Waals surface area contributed by atoms with Crippen LogP contribution < -0.4 is 10.6 Å². The molecule has 0 aliphatic carbocycles. The van der Waals surface area contributed by atoms with Gasteiger partial charge in [0.05, 0.1) is 5.02 Å². The summed E-state index contributed by atoms with van der Waals surface area (Å²) in [6, 6.07) is 5.78. The van der Waals surface area contributed by atoms with E-state index in [-0.39, 0.29) is 16.6 Å². The molecule has 1 heterocycles. The molecule has 0 bridgehead atoms. The van der Waals surface area contributed by atoms with E-state index in [2.05, 4.69) is 20.6 Å². The van der Waals surface area contributed by atoms with E-state index in [1.165, 1.54) is 24.3 Å². The van der Waals surface area contributed by atoms with Gasteiger partial charge in [0.15, 0.2) is 0 Å². The average Bonchev–Trinajstić information content (AvgIpc) is 2.48. The summed E-state index contributed by atoms with van der Waals surface area (Å²) in [6.07, 6.45) is 0.842. The molecule has 22 heavy (non-hydrogen) atoms. The number of carbonyl (C=O) groups is 1. The van der Waals surface area contributed by atoms with Crippen LogP contribution in [0.25, 0.3) is 0 Å². The Morgan fingerprint density at radius 3 is 2.77 bits per heavy atom. The molecule has 5 nitrogen and oxygen atoms in total. The summed E-state index contributed by atoms with van der Waals surface area (Å²) in [5.41, 5.74) is 0.848. The van der Waals surface area contributed by atoms with Gasteiger partial charge in [-0.1, -0.05) is 18.5 Å². The maximum Gasteiger partial charge on any atom is 0.270 e. The summed E-state index contributed by atoms with van der Waals surface area (Å²) in [5.74, 6) is 0.148. The van der Waals surface area contributed by atoms with Crippen molar-refractivity contribution in [3.63, 3.8) is 0 Å². The fourth-order valence-corrected chi connectivity index (χ4v) is 1.98. The molecule has 0 atom stereocenters. The zero-order valence-corrected chi connectivity index (χ0v) is 13.0. The Morgan fingerprint density at radius 2 is 2.09 bits per heavy atom. The van der Waals surface area contributed by atoms with Gasteiger partial charge in [-0.25, -0.2) is 14.4 Å². The Kier molecular flexibility index (Phi) is 5.27. The average molecular weight is 323 g/mol. The molecule has 116 valence electrons. The highest BCUT2D eigenvalue weighted by Crippen LogP contribution is 2.22. The van der Waals surface area contributed by atoms with E-state index in [4.69, 9.17) is 11.6 Å². The number of amides is 1. The molecule has 2 N–H and O–H groups in total. The Balaban J connectivity index is 2.22. The molecule has 2 rings (SSSR count). The van der Waals surface area contributed by atoms with Crippen molar-refractivity contribution >= 4 is 29.0 Å². The number of carbonyl (C=O) groups excluding carboxylic acids is 1. The first-order chi connectivity index (χ1) is 10.5. The van der Waals surface area contributed by atoms with E-state index in [1.54, 1.807) is 6.92 Å². The summed E-state index contributed by atoms with van der Waals surface area (Å²) >= 11 is 5.74. The van der Waals surface area contributed by atoms with Crippen LogP contribution >= 0.6 is 11.6 Å². The monoisotopic (exact) mass is 322 g/mol. The normalized spacial score (nSPS) is 10.4. The zero-order valence-electron chi connectivity index (χ0n) is 12.3. The lowest BCUT2D eigenvalue weighted by molar-refractivity contribution is 0.0948. The van der Waals surface area contributed by atoms with Crippen molar-refractivity contribution < 1.29 is 9.18 Å². The van der Waals surface area contributed by atoms with Gasteiger partial charge in [0.25, 0.3) is 5.91 Å². The summed E-state index contributed by atoms with van der Waals surface area (Å²) < 4.78 is 13.2. The highest BCUT2D eigenvalue weighted by molar-refractivity contribution is 6.31. The molecule has 0 aliphatic heterocycles. The number of benzene rings is 1. The molecule has 1 aromatic heterocycles. The fourth-order valence-electron chi connectivity index (χ4n) is 1.80. The second-order valence-electron chi connectivity index (χ2n) is 4.70. The largest absolute Gasteiger partial charge is 0.351 e. The molecule has 0 radical (unpaired) electrons. The van der Waals surface area contributed by atoms with Gasteiger partial charge in [-0.3, -0.25) is 4.79 Å². The third kappa shape index (κ3) is 4.14. The molecule has 0 spiro atoms. The van der Waals surface area contributed by atoms with Gasteiger partial charge in [-0.2, -0.15) is 0 Å². The number of aryl methyl sites for hydroxylation is 1. The second-order valence-corrected chi connectivity index (χ2v) is 5.10. The molecule has 0 saturated heterocycles. The van der Waals surface area contributed by atoms with E-state index in [1.807, 2.05) is 6.92 Å². The van der Waals surface area contributed by atoms with E-state index in [9.17, 15) is 9.18 Å². The van der Waals surface area contributed by atoms with Crippen molar-refractivity contribution in [3.8, 4) is 0 Å². The summed E-state index contributed by atoms with van der Waals surface area (Å²) in [4.78, 5) is 20.3. The minimum absolute atomic E-state index is 0.0108. The predicted octanol–water partition coefficient (Wildman–Crippen LogP) is 3.46. The Morgan fingerprint density at radius 1 is 1.32 bits per heavy atom. The first kappa shape index (κ1) is 16.2. The number of halogens is 2. The predicted molar refractivity (Wildman–Crippen MR) is 84.1 cm³/mol. The number of nitrogens with zero attached hydrogens (tertiary/aromatic N) is 2. The van der Waals surface area contributed by atoms with Gasteiger partial charge >= 0.3 is 0 Å². The molecule has 1 aromatic carbocycles. The number of hydrogen-bond donors (Lipinski definition) is 2. The van der Waals surface area contributed by atoms with Crippen molar-refractivity contribution in [3.05, 3.63) is 46.6 Å². The van der Waals surface area contributed by atoms with Crippen LogP contribution in [0.5, 0.6) is 0 Å². The highest BCUT2D eigenvalue weighted by Gasteiger charge is 2.10. The Hall–Kier alpha value is -2.21. The zero-order chi connectivity index (χ0) is 16.1. The summed E-state index contributed by atoms with van der Waals surface area (Å²) in [5, 5.41) is 5.75. The summed E-state index contributed by atoms with van der Waals surface area (Å²) in [7, 11) is 0. The van der Waals surface area contributed by atoms with E-state index in [0.717, 1.165) is 6.42 Å². The molecule has 0 fully saturated rings. The number of hydrogen-bond acceptors (Lipinski definition) is 4. The SMILES string of the molecule is CCCNC(=O)c1cc(Nc2ccc(F)c(Cl)c2)nc(C)n1. The van der Waals surface area contributed by atoms with E-state index >= 15 is 0 Å². The van der Waals surface area contributed by atoms with Crippen LogP contribution in [-0.2, 0) is 0 Å². The minimum Gasteiger partial charge on any atom is -0.351 e. The standard InChI is InChI=1S/C15H16ClFN4O/c1-3-6-18-15(22)13-8-14(20-9(2)19-13)21-10-4-5-12(17)11(16)7-10/h4-5,7-8H,3,6H2,1-2H3,(H,18,22)(H,19,20,21). The molecule has 2 aromatic rings. The number of rotatable bonds is 5. The van der Waals surface area contributed by atoms with Crippen molar-refractivity contribution in [2.75, 3.05) is 11.9 Å². The van der Waals surface area contributed by atoms with E-state index in [0.29, 0.717) is 23.9 Å². The van der Waals surface area contributed by atoms with Crippen LogP contribution in [0.1, 0.15) is 29.7 Å². The van der Waals surface area contributed by atoms with Gasteiger partial charge in [0.2, 0.25) is 0 Å². The lowest BCUT2D eigenvalue weighted by Crippen LogP contribution is -2.25. The first-order valence-corrected chi connectivity index (χ1v) is 7.23. The third-order valence-electron chi connectivity index (χ3n) is 2.80. The number of anilines is 2. The smallest absolute Gasteiger partial charge is 0.270 e. The second kappa shape index (κ2) is 7.17. The van der Waals surface area contributed by atoms with Crippen LogP contribution in [-0.4, -0.2) is 22.4 Å². The van der Waals surface area contributed by atoms with Gasteiger partial charge < -0.3 is 10.6 Å². The van der Waals surface area contributed by atoms with Crippen molar-refractivity contribution in [1.82, 2.24) is 15.3 Å². The molecule has 0 aliphatic rings. The quantitative estimate of drug-likeness (QED) is 0.884.